The lowest BCUT2D eigenvalue weighted by molar-refractivity contribution is -0.138. The van der Waals surface area contributed by atoms with Crippen molar-refractivity contribution in [2.75, 3.05) is 19.8 Å². The van der Waals surface area contributed by atoms with E-state index in [1.165, 1.54) is 0 Å². The van der Waals surface area contributed by atoms with Gasteiger partial charge in [0, 0.05) is 19.3 Å². The molecule has 0 aliphatic carbocycles. The van der Waals surface area contributed by atoms with Gasteiger partial charge in [0.2, 0.25) is 0 Å². The number of hydrogen-bond acceptors (Lipinski definition) is 4. The van der Waals surface area contributed by atoms with Gasteiger partial charge in [-0.2, -0.15) is 0 Å². The van der Waals surface area contributed by atoms with Crippen molar-refractivity contribution in [1.29, 1.82) is 0 Å². The monoisotopic (exact) mass is 262 g/mol. The van der Waals surface area contributed by atoms with Crippen LogP contribution in [0.2, 0.25) is 0 Å². The van der Waals surface area contributed by atoms with Crippen LogP contribution in [0, 0.1) is 0 Å². The van der Waals surface area contributed by atoms with Gasteiger partial charge in [-0.1, -0.05) is 6.07 Å². The second kappa shape index (κ2) is 4.85. The van der Waals surface area contributed by atoms with Gasteiger partial charge in [-0.15, -0.1) is 0 Å². The van der Waals surface area contributed by atoms with E-state index in [1.54, 1.807) is 0 Å². The lowest BCUT2D eigenvalue weighted by Crippen LogP contribution is -2.34. The van der Waals surface area contributed by atoms with Crippen molar-refractivity contribution in [3.8, 4) is 11.5 Å². The first-order chi connectivity index (χ1) is 9.17. The number of ether oxygens (including phenoxy) is 3. The van der Waals surface area contributed by atoms with Crippen LogP contribution in [0.4, 0.5) is 0 Å². The van der Waals surface area contributed by atoms with Crippen LogP contribution in [-0.4, -0.2) is 25.6 Å². The fourth-order valence-electron chi connectivity index (χ4n) is 2.58. The number of benzene rings is 1. The molecular weight excluding hydrogens is 244 g/mol. The van der Waals surface area contributed by atoms with Crippen molar-refractivity contribution < 1.29 is 19.0 Å². The number of rotatable bonds is 1. The van der Waals surface area contributed by atoms with Gasteiger partial charge in [-0.05, 0) is 24.6 Å². The summed E-state index contributed by atoms with van der Waals surface area (Å²) >= 11 is 0. The largest absolute Gasteiger partial charge is 0.490 e. The summed E-state index contributed by atoms with van der Waals surface area (Å²) in [6.45, 7) is 3.79. The number of Topliss-reactive ketones (excluding diaryl/α,β-unsaturated/α-hetero) is 1. The maximum Gasteiger partial charge on any atom is 0.161 e. The van der Waals surface area contributed by atoms with Crippen molar-refractivity contribution in [1.82, 2.24) is 0 Å². The molecule has 2 aliphatic rings. The molecule has 0 aromatic heterocycles. The van der Waals surface area contributed by atoms with Crippen LogP contribution in [0.25, 0.3) is 0 Å². The molecule has 4 heteroatoms. The van der Waals surface area contributed by atoms with Crippen molar-refractivity contribution >= 4 is 5.78 Å². The molecule has 1 atom stereocenters. The molecule has 4 nitrogen and oxygen atoms in total. The number of carbonyl (C=O) groups excluding carboxylic acids is 1. The predicted molar refractivity (Wildman–Crippen MR) is 69.6 cm³/mol. The number of hydrogen-bond donors (Lipinski definition) is 0. The van der Waals surface area contributed by atoms with Gasteiger partial charge in [0.1, 0.15) is 5.78 Å². The predicted octanol–water partition coefficient (Wildman–Crippen LogP) is 2.44. The van der Waals surface area contributed by atoms with E-state index in [0.29, 0.717) is 32.7 Å². The fourth-order valence-corrected chi connectivity index (χ4v) is 2.58. The highest BCUT2D eigenvalue weighted by Crippen LogP contribution is 2.38. The summed E-state index contributed by atoms with van der Waals surface area (Å²) in [7, 11) is 0. The minimum atomic E-state index is -0.542. The van der Waals surface area contributed by atoms with Crippen LogP contribution >= 0.6 is 0 Å². The first-order valence-electron chi connectivity index (χ1n) is 6.73. The van der Waals surface area contributed by atoms with Crippen LogP contribution < -0.4 is 9.47 Å². The van der Waals surface area contributed by atoms with E-state index >= 15 is 0 Å². The molecule has 1 saturated heterocycles. The van der Waals surface area contributed by atoms with Gasteiger partial charge < -0.3 is 14.2 Å². The minimum absolute atomic E-state index is 0.251. The van der Waals surface area contributed by atoms with Gasteiger partial charge in [0.15, 0.2) is 11.5 Å². The third-order valence-electron chi connectivity index (χ3n) is 3.69. The summed E-state index contributed by atoms with van der Waals surface area (Å²) < 4.78 is 17.1. The van der Waals surface area contributed by atoms with Crippen molar-refractivity contribution in [2.45, 2.75) is 31.8 Å². The molecule has 2 heterocycles. The molecular formula is C15H18O4. The third kappa shape index (κ3) is 2.45. The molecule has 1 aromatic carbocycles. The third-order valence-corrected chi connectivity index (χ3v) is 3.69. The molecule has 0 saturated carbocycles. The Morgan fingerprint density at radius 1 is 1.11 bits per heavy atom. The summed E-state index contributed by atoms with van der Waals surface area (Å²) in [6, 6.07) is 5.81. The maximum absolute atomic E-state index is 11.7. The molecule has 1 fully saturated rings. The summed E-state index contributed by atoms with van der Waals surface area (Å²) in [5.41, 5.74) is 0.435. The normalized spacial score (nSPS) is 26.9. The molecule has 0 radical (unpaired) electrons. The van der Waals surface area contributed by atoms with E-state index in [1.807, 2.05) is 25.1 Å². The van der Waals surface area contributed by atoms with Crippen molar-refractivity contribution in [2.24, 2.45) is 0 Å². The molecule has 1 aromatic rings. The van der Waals surface area contributed by atoms with Gasteiger partial charge in [0.05, 0.1) is 25.4 Å². The lowest BCUT2D eigenvalue weighted by Gasteiger charge is -2.33. The van der Waals surface area contributed by atoms with E-state index < -0.39 is 5.60 Å². The summed E-state index contributed by atoms with van der Waals surface area (Å²) in [5, 5.41) is 0. The standard InChI is InChI=1S/C15H18O4/c1-15(10-12(16)5-8-19-15)11-3-4-13-14(9-11)18-7-2-6-17-13/h3-4,9H,2,5-8,10H2,1H3. The second-order valence-corrected chi connectivity index (χ2v) is 5.26. The van der Waals surface area contributed by atoms with Crippen LogP contribution in [0.3, 0.4) is 0 Å². The minimum Gasteiger partial charge on any atom is -0.490 e. The first-order valence-corrected chi connectivity index (χ1v) is 6.73. The van der Waals surface area contributed by atoms with E-state index in [-0.39, 0.29) is 5.78 Å². The van der Waals surface area contributed by atoms with Crippen LogP contribution in [0.1, 0.15) is 31.7 Å². The van der Waals surface area contributed by atoms with Crippen molar-refractivity contribution in [3.05, 3.63) is 23.8 Å². The molecule has 19 heavy (non-hydrogen) atoms. The molecule has 1 unspecified atom stereocenters. The SMILES string of the molecule is CC1(c2ccc3c(c2)OCCCO3)CC(=O)CCO1. The van der Waals surface area contributed by atoms with E-state index in [9.17, 15) is 4.79 Å². The molecule has 2 aliphatic heterocycles. The fraction of sp³-hybridized carbons (Fsp3) is 0.533. The van der Waals surface area contributed by atoms with Crippen molar-refractivity contribution in [3.63, 3.8) is 0 Å². The summed E-state index contributed by atoms with van der Waals surface area (Å²) in [6.07, 6.45) is 1.82. The average Bonchev–Trinajstić information content (AvgIpc) is 2.62. The molecule has 102 valence electrons. The Labute approximate surface area is 112 Å². The molecule has 0 N–H and O–H groups in total. The Morgan fingerprint density at radius 2 is 1.89 bits per heavy atom. The molecule has 3 rings (SSSR count). The zero-order chi connectivity index (χ0) is 13.3. The first kappa shape index (κ1) is 12.5. The van der Waals surface area contributed by atoms with E-state index in [4.69, 9.17) is 14.2 Å². The Bertz CT molecular complexity index is 497. The Hall–Kier alpha value is -1.55. The highest BCUT2D eigenvalue weighted by molar-refractivity contribution is 5.80. The van der Waals surface area contributed by atoms with Gasteiger partial charge in [-0.3, -0.25) is 4.79 Å². The number of ketones is 1. The maximum atomic E-state index is 11.7. The Kier molecular flexibility index (Phi) is 3.19. The smallest absolute Gasteiger partial charge is 0.161 e. The van der Waals surface area contributed by atoms with Gasteiger partial charge >= 0.3 is 0 Å². The molecule has 0 amide bonds. The Balaban J connectivity index is 1.92. The summed E-state index contributed by atoms with van der Waals surface area (Å²) in [4.78, 5) is 11.7. The lowest BCUT2D eigenvalue weighted by atomic mass is 9.87. The molecule has 0 bridgehead atoms. The average molecular weight is 262 g/mol. The zero-order valence-corrected chi connectivity index (χ0v) is 11.1. The van der Waals surface area contributed by atoms with Crippen LogP contribution in [0.5, 0.6) is 11.5 Å². The topological polar surface area (TPSA) is 44.8 Å². The second-order valence-electron chi connectivity index (χ2n) is 5.26. The van der Waals surface area contributed by atoms with Crippen LogP contribution in [0.15, 0.2) is 18.2 Å². The van der Waals surface area contributed by atoms with Crippen LogP contribution in [-0.2, 0) is 15.1 Å². The summed E-state index contributed by atoms with van der Waals surface area (Å²) in [5.74, 6) is 1.77. The van der Waals surface area contributed by atoms with Gasteiger partial charge in [-0.25, -0.2) is 0 Å². The van der Waals surface area contributed by atoms with E-state index in [0.717, 1.165) is 23.5 Å². The Morgan fingerprint density at radius 3 is 2.68 bits per heavy atom. The highest BCUT2D eigenvalue weighted by atomic mass is 16.5. The molecule has 0 spiro atoms. The number of fused-ring (bicyclic) bond motifs is 1. The van der Waals surface area contributed by atoms with E-state index in [2.05, 4.69) is 0 Å². The highest BCUT2D eigenvalue weighted by Gasteiger charge is 2.34. The zero-order valence-electron chi connectivity index (χ0n) is 11.1. The quantitative estimate of drug-likeness (QED) is 0.779. The number of carbonyl (C=O) groups is 1. The van der Waals surface area contributed by atoms with Gasteiger partial charge in [0.25, 0.3) is 0 Å².